The number of para-hydroxylation sites is 1. The quantitative estimate of drug-likeness (QED) is 0.736. The van der Waals surface area contributed by atoms with Crippen LogP contribution in [0.3, 0.4) is 0 Å². The van der Waals surface area contributed by atoms with Crippen molar-refractivity contribution in [2.45, 2.75) is 6.92 Å². The molecule has 2 aromatic carbocycles. The predicted octanol–water partition coefficient (Wildman–Crippen LogP) is 3.94. The van der Waals surface area contributed by atoms with Crippen LogP contribution in [0.5, 0.6) is 0 Å². The zero-order chi connectivity index (χ0) is 18.0. The summed E-state index contributed by atoms with van der Waals surface area (Å²) in [6, 6.07) is 16.5. The van der Waals surface area contributed by atoms with E-state index in [4.69, 9.17) is 0 Å². The van der Waals surface area contributed by atoms with Gasteiger partial charge in [0.05, 0.1) is 16.8 Å². The Morgan fingerprint density at radius 3 is 2.48 bits per heavy atom. The Morgan fingerprint density at radius 2 is 1.84 bits per heavy atom. The maximum Gasteiger partial charge on any atom is 0.265 e. The molecule has 0 atom stereocenters. The van der Waals surface area contributed by atoms with Crippen molar-refractivity contribution in [2.24, 2.45) is 0 Å². The number of benzene rings is 2. The number of hydrogen-bond acceptors (Lipinski definition) is 4. The Balaban J connectivity index is 1.91. The second-order valence-electron chi connectivity index (χ2n) is 5.58. The molecule has 1 N–H and O–H groups in total. The van der Waals surface area contributed by atoms with Crippen molar-refractivity contribution in [2.75, 3.05) is 22.4 Å². The highest BCUT2D eigenvalue weighted by Crippen LogP contribution is 2.30. The molecule has 1 aromatic heterocycles. The van der Waals surface area contributed by atoms with Crippen LogP contribution in [0.1, 0.15) is 16.6 Å². The molecule has 1 amide bonds. The first kappa shape index (κ1) is 17.4. The van der Waals surface area contributed by atoms with Crippen LogP contribution in [0.15, 0.2) is 54.6 Å². The van der Waals surface area contributed by atoms with Crippen LogP contribution < -0.4 is 9.62 Å². The molecule has 1 heterocycles. The predicted molar refractivity (Wildman–Crippen MR) is 104 cm³/mol. The standard InChI is InChI=1S/C18H18N2O3S2/c1-3-20(25(2,22)23)15-9-10-16-13(11-15)12-17(24-16)18(21)19-14-7-5-4-6-8-14/h4-12H,3H2,1-2H3,(H,19,21). The summed E-state index contributed by atoms with van der Waals surface area (Å²) in [5, 5.41) is 3.71. The van der Waals surface area contributed by atoms with Gasteiger partial charge in [0.2, 0.25) is 10.0 Å². The van der Waals surface area contributed by atoms with Gasteiger partial charge in [-0.15, -0.1) is 11.3 Å². The van der Waals surface area contributed by atoms with E-state index in [2.05, 4.69) is 5.32 Å². The maximum atomic E-state index is 12.4. The molecule has 3 aromatic rings. The molecule has 7 heteroatoms. The molecular weight excluding hydrogens is 356 g/mol. The number of amides is 1. The van der Waals surface area contributed by atoms with Gasteiger partial charge in [0, 0.05) is 16.9 Å². The molecule has 0 aliphatic heterocycles. The maximum absolute atomic E-state index is 12.4. The fraction of sp³-hybridized carbons (Fsp3) is 0.167. The third-order valence-corrected chi connectivity index (χ3v) is 6.12. The average molecular weight is 374 g/mol. The fourth-order valence-electron chi connectivity index (χ4n) is 2.62. The van der Waals surface area contributed by atoms with Crippen LogP contribution in [-0.4, -0.2) is 27.1 Å². The van der Waals surface area contributed by atoms with Crippen LogP contribution in [-0.2, 0) is 10.0 Å². The minimum atomic E-state index is -3.33. The minimum absolute atomic E-state index is 0.176. The van der Waals surface area contributed by atoms with E-state index < -0.39 is 10.0 Å². The second kappa shape index (κ2) is 6.85. The van der Waals surface area contributed by atoms with Crippen LogP contribution >= 0.6 is 11.3 Å². The van der Waals surface area contributed by atoms with Gasteiger partial charge in [-0.25, -0.2) is 8.42 Å². The number of carbonyl (C=O) groups excluding carboxylic acids is 1. The Morgan fingerprint density at radius 1 is 1.12 bits per heavy atom. The summed E-state index contributed by atoms with van der Waals surface area (Å²) in [4.78, 5) is 13.0. The summed E-state index contributed by atoms with van der Waals surface area (Å²) < 4.78 is 26.0. The van der Waals surface area contributed by atoms with E-state index in [-0.39, 0.29) is 5.91 Å². The van der Waals surface area contributed by atoms with Crippen LogP contribution in [0.4, 0.5) is 11.4 Å². The Bertz CT molecular complexity index is 1010. The van der Waals surface area contributed by atoms with Crippen molar-refractivity contribution < 1.29 is 13.2 Å². The second-order valence-corrected chi connectivity index (χ2v) is 8.57. The molecule has 0 fully saturated rings. The molecule has 0 saturated heterocycles. The number of thiophene rings is 1. The number of hydrogen-bond donors (Lipinski definition) is 1. The summed E-state index contributed by atoms with van der Waals surface area (Å²) in [5.41, 5.74) is 1.34. The van der Waals surface area contributed by atoms with Gasteiger partial charge in [0.1, 0.15) is 0 Å². The molecule has 0 saturated carbocycles. The highest BCUT2D eigenvalue weighted by molar-refractivity contribution is 7.92. The van der Waals surface area contributed by atoms with E-state index in [0.717, 1.165) is 15.8 Å². The van der Waals surface area contributed by atoms with Gasteiger partial charge in [-0.3, -0.25) is 9.10 Å². The molecule has 0 spiro atoms. The zero-order valence-corrected chi connectivity index (χ0v) is 15.5. The lowest BCUT2D eigenvalue weighted by molar-refractivity contribution is 0.103. The van der Waals surface area contributed by atoms with E-state index >= 15 is 0 Å². The molecule has 0 unspecified atom stereocenters. The van der Waals surface area contributed by atoms with E-state index in [1.54, 1.807) is 25.1 Å². The first-order valence-electron chi connectivity index (χ1n) is 7.76. The van der Waals surface area contributed by atoms with Gasteiger partial charge in [-0.05, 0) is 48.7 Å². The number of nitrogens with zero attached hydrogens (tertiary/aromatic N) is 1. The highest BCUT2D eigenvalue weighted by Gasteiger charge is 2.17. The van der Waals surface area contributed by atoms with Crippen LogP contribution in [0, 0.1) is 0 Å². The third-order valence-electron chi connectivity index (χ3n) is 3.73. The molecule has 0 aliphatic carbocycles. The monoisotopic (exact) mass is 374 g/mol. The molecule has 25 heavy (non-hydrogen) atoms. The summed E-state index contributed by atoms with van der Waals surface area (Å²) in [6.07, 6.45) is 1.19. The lowest BCUT2D eigenvalue weighted by atomic mass is 10.2. The summed E-state index contributed by atoms with van der Waals surface area (Å²) >= 11 is 1.38. The van der Waals surface area contributed by atoms with Gasteiger partial charge >= 0.3 is 0 Å². The lowest BCUT2D eigenvalue weighted by Crippen LogP contribution is -2.29. The molecular formula is C18H18N2O3S2. The molecule has 0 bridgehead atoms. The Hall–Kier alpha value is -2.38. The van der Waals surface area contributed by atoms with Crippen LogP contribution in [0.2, 0.25) is 0 Å². The first-order valence-corrected chi connectivity index (χ1v) is 10.4. The lowest BCUT2D eigenvalue weighted by Gasteiger charge is -2.20. The Labute approximate surface area is 151 Å². The number of sulfonamides is 1. The molecule has 130 valence electrons. The van der Waals surface area contributed by atoms with Crippen molar-refractivity contribution >= 4 is 48.7 Å². The zero-order valence-electron chi connectivity index (χ0n) is 13.9. The number of fused-ring (bicyclic) bond motifs is 1. The number of nitrogens with one attached hydrogen (secondary N) is 1. The number of carbonyl (C=O) groups is 1. The van der Waals surface area contributed by atoms with Gasteiger partial charge in [0.25, 0.3) is 5.91 Å². The van der Waals surface area contributed by atoms with Crippen molar-refractivity contribution in [1.29, 1.82) is 0 Å². The molecule has 0 aliphatic rings. The summed E-state index contributed by atoms with van der Waals surface area (Å²) in [7, 11) is -3.33. The topological polar surface area (TPSA) is 66.5 Å². The minimum Gasteiger partial charge on any atom is -0.321 e. The summed E-state index contributed by atoms with van der Waals surface area (Å²) in [5.74, 6) is -0.176. The van der Waals surface area contributed by atoms with Crippen molar-refractivity contribution in [3.05, 3.63) is 59.5 Å². The largest absolute Gasteiger partial charge is 0.321 e. The normalized spacial score (nSPS) is 11.4. The number of anilines is 2. The third kappa shape index (κ3) is 3.83. The first-order chi connectivity index (χ1) is 11.9. The summed E-state index contributed by atoms with van der Waals surface area (Å²) in [6.45, 7) is 2.15. The Kier molecular flexibility index (Phi) is 4.78. The van der Waals surface area contributed by atoms with Gasteiger partial charge in [-0.2, -0.15) is 0 Å². The van der Waals surface area contributed by atoms with Crippen LogP contribution in [0.25, 0.3) is 10.1 Å². The van der Waals surface area contributed by atoms with Gasteiger partial charge < -0.3 is 5.32 Å². The molecule has 0 radical (unpaired) electrons. The number of rotatable bonds is 5. The smallest absolute Gasteiger partial charge is 0.265 e. The fourth-order valence-corrected chi connectivity index (χ4v) is 4.52. The molecule has 3 rings (SSSR count). The van der Waals surface area contributed by atoms with Crippen molar-refractivity contribution in [3.63, 3.8) is 0 Å². The van der Waals surface area contributed by atoms with E-state index in [1.807, 2.05) is 36.4 Å². The van der Waals surface area contributed by atoms with Gasteiger partial charge in [-0.1, -0.05) is 18.2 Å². The molecule has 5 nitrogen and oxygen atoms in total. The van der Waals surface area contributed by atoms with Gasteiger partial charge in [0.15, 0.2) is 0 Å². The van der Waals surface area contributed by atoms with Crippen molar-refractivity contribution in [3.8, 4) is 0 Å². The van der Waals surface area contributed by atoms with E-state index in [9.17, 15) is 13.2 Å². The highest BCUT2D eigenvalue weighted by atomic mass is 32.2. The van der Waals surface area contributed by atoms with E-state index in [1.165, 1.54) is 21.9 Å². The average Bonchev–Trinajstić information content (AvgIpc) is 2.98. The van der Waals surface area contributed by atoms with Crippen molar-refractivity contribution in [1.82, 2.24) is 0 Å². The SMILES string of the molecule is CCN(c1ccc2sc(C(=O)Nc3ccccc3)cc2c1)S(C)(=O)=O. The van der Waals surface area contributed by atoms with E-state index in [0.29, 0.717) is 17.1 Å².